The fourth-order valence-electron chi connectivity index (χ4n) is 28.8. The van der Waals surface area contributed by atoms with E-state index in [4.69, 9.17) is 57.4 Å². The van der Waals surface area contributed by atoms with Crippen LogP contribution in [-0.4, -0.2) is 156 Å². The first-order chi connectivity index (χ1) is 68.6. The largest absolute Gasteiger partial charge is 0.469 e. The molecule has 0 aromatic rings. The first-order valence-corrected chi connectivity index (χ1v) is 58.7. The number of carbonyl (C=O) groups excluding carboxylic acids is 10. The summed E-state index contributed by atoms with van der Waals surface area (Å²) in [4.78, 5) is 118. The summed E-state index contributed by atoms with van der Waals surface area (Å²) in [5.41, 5.74) is -3.70. The van der Waals surface area contributed by atoms with Gasteiger partial charge in [-0.3, -0.25) is 43.2 Å². The van der Waals surface area contributed by atoms with Gasteiger partial charge in [-0.1, -0.05) is 102 Å². The number of fused-ring (bicyclic) bond motifs is 15. The van der Waals surface area contributed by atoms with E-state index in [2.05, 4.69) is 64.0 Å². The third kappa shape index (κ3) is 29.5. The predicted octanol–water partition coefficient (Wildman–Crippen LogP) is 26.7. The van der Waals surface area contributed by atoms with Gasteiger partial charge in [0.05, 0.1) is 81.7 Å². The summed E-state index contributed by atoms with van der Waals surface area (Å²) in [6, 6.07) is 2.40. The maximum Gasteiger partial charge on any atom is 0.350 e. The Morgan fingerprint density at radius 2 is 0.865 bits per heavy atom. The van der Waals surface area contributed by atoms with Crippen molar-refractivity contribution in [2.45, 2.75) is 548 Å². The van der Waals surface area contributed by atoms with Gasteiger partial charge < -0.3 is 66.7 Å². The number of rotatable bonds is 24. The Hall–Kier alpha value is -5.97. The van der Waals surface area contributed by atoms with Crippen molar-refractivity contribution in [1.29, 1.82) is 5.26 Å². The first kappa shape index (κ1) is 124. The summed E-state index contributed by atoms with van der Waals surface area (Å²) >= 11 is 0. The van der Waals surface area contributed by atoms with E-state index in [0.29, 0.717) is 71.0 Å². The smallest absolute Gasteiger partial charge is 0.350 e. The molecule has 21 aliphatic rings. The minimum atomic E-state index is -1.07. The van der Waals surface area contributed by atoms with E-state index in [1.165, 1.54) is 149 Å². The molecule has 1 N–H and O–H groups in total. The first-order valence-electron chi connectivity index (χ1n) is 58.7. The van der Waals surface area contributed by atoms with Crippen molar-refractivity contribution < 1.29 is 115 Å². The molecule has 17 saturated carbocycles. The van der Waals surface area contributed by atoms with Crippen molar-refractivity contribution in [2.75, 3.05) is 20.8 Å². The molecule has 846 valence electrons. The molecule has 14 bridgehead atoms. The molecule has 0 amide bonds. The summed E-state index contributed by atoms with van der Waals surface area (Å²) in [5, 5.41) is 19.3. The summed E-state index contributed by atoms with van der Waals surface area (Å²) in [7, 11) is 2.83. The van der Waals surface area contributed by atoms with Crippen LogP contribution in [0, 0.1) is 154 Å². The van der Waals surface area contributed by atoms with Gasteiger partial charge in [0.2, 0.25) is 6.10 Å². The lowest BCUT2D eigenvalue weighted by molar-refractivity contribution is -0.225. The lowest BCUT2D eigenvalue weighted by Gasteiger charge is -2.64. The van der Waals surface area contributed by atoms with Crippen LogP contribution in [0.5, 0.6) is 0 Å². The molecule has 148 heavy (non-hydrogen) atoms. The monoisotopic (exact) mass is 2080 g/mol. The lowest BCUT2D eigenvalue weighted by atomic mass is 9.43. The Bertz CT molecular complexity index is 4480. The SMILES string of the molecule is CCC(C)(C)C(=O)OC.CCC(C)(C)C(=O)OC.CCC(C)(C)C(=O)OC(C)(C)C1CCCC1.CCC(C)(C)C(=O)OC12CC3CC(C)(CC(C)(C3)C1)C2.CCC(C)(C)C(=O)OC12CC3CC(CC(O)(C3)C1)C2.CCC(C)(C)C(=O)OC1C(=O)OC2C3OC(C)(C)OC3OC12.CCC(C)(C)C(=O)OC1CC2CC1C1CCCC21.CCC1(OC(=O)C(C)(C)CC)CCCC1.N#CC1CC2CCC1C2.O=C1OCC2C3CCC(C3)C12. The second-order valence-corrected chi connectivity index (χ2v) is 56.4. The van der Waals surface area contributed by atoms with Crippen LogP contribution >= 0.6 is 0 Å². The molecule has 21 atom stereocenters. The topological polar surface area (TPSA) is 335 Å². The zero-order valence-corrected chi connectivity index (χ0v) is 98.6. The molecular weight excluding hydrogens is 1880 g/mol. The average Bonchev–Trinajstić information content (AvgIpc) is 1.25. The van der Waals surface area contributed by atoms with E-state index in [1.54, 1.807) is 27.7 Å². The van der Waals surface area contributed by atoms with Crippen molar-refractivity contribution >= 4 is 59.7 Å². The van der Waals surface area contributed by atoms with Crippen LogP contribution < -0.4 is 0 Å². The van der Waals surface area contributed by atoms with Gasteiger partial charge in [-0.05, 0) is 451 Å². The number of nitrogens with zero attached hydrogens (tertiary/aromatic N) is 1. The van der Waals surface area contributed by atoms with E-state index in [9.17, 15) is 53.1 Å². The Morgan fingerprint density at radius 3 is 1.32 bits per heavy atom. The summed E-state index contributed by atoms with van der Waals surface area (Å²) in [6.45, 7) is 62.2. The Labute approximate surface area is 892 Å². The van der Waals surface area contributed by atoms with Crippen molar-refractivity contribution in [2.24, 2.45) is 143 Å². The minimum absolute atomic E-state index is 0.0197. The number of esters is 10. The normalized spacial score (nSPS) is 35.2. The summed E-state index contributed by atoms with van der Waals surface area (Å²) < 4.78 is 71.4. The number of nitriles is 1. The van der Waals surface area contributed by atoms with E-state index in [-0.39, 0.29) is 109 Å². The molecule has 21 fully saturated rings. The quantitative estimate of drug-likeness (QED) is 0.0693. The highest BCUT2D eigenvalue weighted by atomic mass is 16.9. The van der Waals surface area contributed by atoms with Gasteiger partial charge in [0.25, 0.3) is 0 Å². The molecule has 0 aromatic carbocycles. The zero-order chi connectivity index (χ0) is 110. The third-order valence-electron chi connectivity index (χ3n) is 40.5. The number of aliphatic hydroxyl groups is 1. The van der Waals surface area contributed by atoms with Gasteiger partial charge in [0.15, 0.2) is 24.3 Å². The van der Waals surface area contributed by atoms with Crippen molar-refractivity contribution in [1.82, 2.24) is 0 Å². The molecule has 4 saturated heterocycles. The fraction of sp³-hybridized carbons (Fsp3) is 0.911. The van der Waals surface area contributed by atoms with E-state index in [0.717, 1.165) is 164 Å². The van der Waals surface area contributed by atoms with E-state index < -0.39 is 64.9 Å². The number of ether oxygens (including phenoxy) is 13. The van der Waals surface area contributed by atoms with Gasteiger partial charge in [-0.2, -0.15) is 5.26 Å². The molecule has 0 spiro atoms. The molecule has 25 heteroatoms. The summed E-state index contributed by atoms with van der Waals surface area (Å²) in [5.74, 6) is 8.36. The van der Waals surface area contributed by atoms with Gasteiger partial charge in [0.1, 0.15) is 34.6 Å². The third-order valence-corrected chi connectivity index (χ3v) is 40.5. The summed E-state index contributed by atoms with van der Waals surface area (Å²) in [6.07, 6.45) is 42.6. The second-order valence-electron chi connectivity index (χ2n) is 56.4. The van der Waals surface area contributed by atoms with Crippen LogP contribution in [0.1, 0.15) is 478 Å². The molecule has 4 heterocycles. The van der Waals surface area contributed by atoms with Gasteiger partial charge >= 0.3 is 59.7 Å². The lowest BCUT2D eigenvalue weighted by Crippen LogP contribution is -2.61. The molecule has 4 aliphatic heterocycles. The standard InChI is InChI=1S/C18H30O2.C16H26O3.C16H26O2.C15H22O7.C14H26O2.C13H24O2.C9H12O2.C8H11N.2C7H14O2/c1-6-15(2,3)14(19)20-18-9-13-7-16(4,11-18)10-17(5,8-13)12-18;1-4-14(2,3)13(17)19-16-8-11-5-12(9-16)7-15(18,6-11)10-16;1-4-16(2,3)15(17)18-14-9-10-8-13(14)12-7-5-6-11(10)12;1-6-14(2,3)13(17)20-9-7-8(18-11(9)16)10-12(19-7)22-15(4,5)21-10;1-6-13(2,3)12(15)16-14(4,5)11-9-7-8-10-11;1-5-12(3,4)11(14)15-13(6-2)9-7-8-10-13;10-9-8-6-2-1-5(3-6)7(8)4-11-9;9-5-8-4-6-1-2-7(8)3-6;2*1-5-7(2,3)6(8)9-4/h13H,6-12H2,1-5H3;11-12,18H,4-10H2,1-3H3;10-14H,4-9H2,1-3H3;7-10,12H,6H2,1-5H3;11H,6-10H2,1-5H3;5-10H2,1-4H3;5-8H,1-4H2;6-8H,1-4H2;2*5H2,1-4H3. The molecule has 25 nitrogen and oxygen atoms in total. The highest BCUT2D eigenvalue weighted by molar-refractivity contribution is 5.84. The van der Waals surface area contributed by atoms with E-state index >= 15 is 0 Å². The average molecular weight is 2080 g/mol. The number of methoxy groups -OCH3 is 2. The highest BCUT2D eigenvalue weighted by Gasteiger charge is 2.67. The maximum atomic E-state index is 12.6. The van der Waals surface area contributed by atoms with Crippen LogP contribution in [0.15, 0.2) is 0 Å². The van der Waals surface area contributed by atoms with Crippen LogP contribution in [0.25, 0.3) is 0 Å². The van der Waals surface area contributed by atoms with Gasteiger partial charge in [0, 0.05) is 18.3 Å². The number of carbonyl (C=O) groups is 10. The van der Waals surface area contributed by atoms with Gasteiger partial charge in [-0.15, -0.1) is 0 Å². The molecule has 21 unspecified atom stereocenters. The van der Waals surface area contributed by atoms with Crippen molar-refractivity contribution in [3.05, 3.63) is 0 Å². The number of cyclic esters (lactones) is 1. The predicted molar refractivity (Wildman–Crippen MR) is 570 cm³/mol. The fourth-order valence-corrected chi connectivity index (χ4v) is 28.8. The molecular formula is C123H205NO24. The van der Waals surface area contributed by atoms with Crippen molar-refractivity contribution in [3.8, 4) is 6.07 Å². The van der Waals surface area contributed by atoms with Crippen LogP contribution in [0.3, 0.4) is 0 Å². The van der Waals surface area contributed by atoms with Crippen LogP contribution in [-0.2, 0) is 110 Å². The molecule has 0 aromatic heterocycles. The highest BCUT2D eigenvalue weighted by Crippen LogP contribution is 2.69. The van der Waals surface area contributed by atoms with Crippen LogP contribution in [0.4, 0.5) is 0 Å². The zero-order valence-electron chi connectivity index (χ0n) is 98.6. The van der Waals surface area contributed by atoms with Crippen LogP contribution in [0.2, 0.25) is 0 Å². The maximum absolute atomic E-state index is 12.6. The number of hydrogen-bond acceptors (Lipinski definition) is 25. The van der Waals surface area contributed by atoms with E-state index in [1.807, 2.05) is 138 Å². The molecule has 0 radical (unpaired) electrons. The van der Waals surface area contributed by atoms with Crippen molar-refractivity contribution in [3.63, 3.8) is 0 Å². The minimum Gasteiger partial charge on any atom is -0.469 e. The Balaban J connectivity index is 0.000000171. The molecule has 17 aliphatic carbocycles. The number of hydrogen-bond donors (Lipinski definition) is 1. The molecule has 21 rings (SSSR count). The Morgan fingerprint density at radius 1 is 0.399 bits per heavy atom. The van der Waals surface area contributed by atoms with Gasteiger partial charge in [-0.25, -0.2) is 4.79 Å². The second kappa shape index (κ2) is 48.4. The Kier molecular flexibility index (Phi) is 40.5.